The summed E-state index contributed by atoms with van der Waals surface area (Å²) >= 11 is 5.81. The average molecular weight is 315 g/mol. The standard InChI is InChI=1S/C14H19ClN2O4/c1-2-3-7-21-8-6-16-14(20)17-10-4-5-11(13(18)19)12(15)9-10/h4-5,9H,2-3,6-8H2,1H3,(H,18,19)(H2,16,17,20). The van der Waals surface area contributed by atoms with Gasteiger partial charge >= 0.3 is 12.0 Å². The molecule has 0 radical (unpaired) electrons. The van der Waals surface area contributed by atoms with E-state index in [9.17, 15) is 9.59 Å². The summed E-state index contributed by atoms with van der Waals surface area (Å²) in [6.45, 7) is 3.62. The van der Waals surface area contributed by atoms with Crippen LogP contribution in [0.15, 0.2) is 18.2 Å². The molecule has 6 nitrogen and oxygen atoms in total. The van der Waals surface area contributed by atoms with E-state index < -0.39 is 12.0 Å². The van der Waals surface area contributed by atoms with Crippen molar-refractivity contribution in [2.75, 3.05) is 25.1 Å². The van der Waals surface area contributed by atoms with Gasteiger partial charge in [-0.05, 0) is 24.6 Å². The number of anilines is 1. The highest BCUT2D eigenvalue weighted by Crippen LogP contribution is 2.20. The smallest absolute Gasteiger partial charge is 0.337 e. The number of nitrogens with one attached hydrogen (secondary N) is 2. The van der Waals surface area contributed by atoms with Crippen LogP contribution in [0.4, 0.5) is 10.5 Å². The van der Waals surface area contributed by atoms with Gasteiger partial charge in [0.1, 0.15) is 0 Å². The molecule has 0 aliphatic rings. The lowest BCUT2D eigenvalue weighted by Gasteiger charge is -2.09. The van der Waals surface area contributed by atoms with E-state index in [2.05, 4.69) is 17.6 Å². The molecule has 0 atom stereocenters. The predicted molar refractivity (Wildman–Crippen MR) is 81.2 cm³/mol. The van der Waals surface area contributed by atoms with E-state index >= 15 is 0 Å². The quantitative estimate of drug-likeness (QED) is 0.644. The Morgan fingerprint density at radius 1 is 1.33 bits per heavy atom. The second kappa shape index (κ2) is 9.20. The zero-order chi connectivity index (χ0) is 15.7. The number of rotatable bonds is 8. The van der Waals surface area contributed by atoms with Crippen LogP contribution >= 0.6 is 11.6 Å². The van der Waals surface area contributed by atoms with Gasteiger partial charge in [-0.2, -0.15) is 0 Å². The van der Waals surface area contributed by atoms with Gasteiger partial charge in [0.2, 0.25) is 0 Å². The summed E-state index contributed by atoms with van der Waals surface area (Å²) in [6.07, 6.45) is 2.07. The van der Waals surface area contributed by atoms with E-state index in [0.717, 1.165) is 12.8 Å². The first-order valence-electron chi connectivity index (χ1n) is 6.70. The van der Waals surface area contributed by atoms with Crippen LogP contribution < -0.4 is 10.6 Å². The SMILES string of the molecule is CCCCOCCNC(=O)Nc1ccc(C(=O)O)c(Cl)c1. The van der Waals surface area contributed by atoms with E-state index in [1.165, 1.54) is 18.2 Å². The third kappa shape index (κ3) is 6.46. The number of urea groups is 1. The van der Waals surface area contributed by atoms with Crippen molar-refractivity contribution >= 4 is 29.3 Å². The topological polar surface area (TPSA) is 87.7 Å². The summed E-state index contributed by atoms with van der Waals surface area (Å²) in [5.74, 6) is -1.11. The maximum Gasteiger partial charge on any atom is 0.337 e. The first-order valence-corrected chi connectivity index (χ1v) is 7.07. The van der Waals surface area contributed by atoms with Crippen molar-refractivity contribution in [2.45, 2.75) is 19.8 Å². The van der Waals surface area contributed by atoms with E-state index in [0.29, 0.717) is 25.4 Å². The van der Waals surface area contributed by atoms with Crippen molar-refractivity contribution in [2.24, 2.45) is 0 Å². The van der Waals surface area contributed by atoms with Gasteiger partial charge < -0.3 is 20.5 Å². The largest absolute Gasteiger partial charge is 0.478 e. The minimum Gasteiger partial charge on any atom is -0.478 e. The molecule has 0 fully saturated rings. The molecule has 1 aromatic carbocycles. The van der Waals surface area contributed by atoms with E-state index in [-0.39, 0.29) is 10.6 Å². The lowest BCUT2D eigenvalue weighted by molar-refractivity contribution is 0.0697. The van der Waals surface area contributed by atoms with Gasteiger partial charge in [0.05, 0.1) is 17.2 Å². The van der Waals surface area contributed by atoms with Gasteiger partial charge in [-0.25, -0.2) is 9.59 Å². The molecule has 1 aromatic rings. The molecule has 0 aliphatic heterocycles. The second-order valence-electron chi connectivity index (χ2n) is 4.35. The number of unbranched alkanes of at least 4 members (excludes halogenated alkanes) is 1. The van der Waals surface area contributed by atoms with Crippen molar-refractivity contribution < 1.29 is 19.4 Å². The minimum absolute atomic E-state index is 0.00745. The summed E-state index contributed by atoms with van der Waals surface area (Å²) < 4.78 is 5.31. The van der Waals surface area contributed by atoms with Crippen LogP contribution in [0, 0.1) is 0 Å². The summed E-state index contributed by atoms with van der Waals surface area (Å²) in [5.41, 5.74) is 0.418. The number of hydrogen-bond acceptors (Lipinski definition) is 3. The molecule has 0 saturated heterocycles. The third-order valence-corrected chi connectivity index (χ3v) is 2.94. The molecule has 7 heteroatoms. The van der Waals surface area contributed by atoms with Crippen LogP contribution in [0.1, 0.15) is 30.1 Å². The monoisotopic (exact) mass is 314 g/mol. The first kappa shape index (κ1) is 17.3. The van der Waals surface area contributed by atoms with Crippen molar-refractivity contribution in [3.8, 4) is 0 Å². The van der Waals surface area contributed by atoms with E-state index in [1.807, 2.05) is 0 Å². The number of halogens is 1. The van der Waals surface area contributed by atoms with Crippen molar-refractivity contribution in [3.05, 3.63) is 28.8 Å². The average Bonchev–Trinajstić information content (AvgIpc) is 2.42. The van der Waals surface area contributed by atoms with E-state index in [4.69, 9.17) is 21.4 Å². The van der Waals surface area contributed by atoms with Crippen molar-refractivity contribution in [1.82, 2.24) is 5.32 Å². The first-order chi connectivity index (χ1) is 10.0. The number of ether oxygens (including phenoxy) is 1. The summed E-state index contributed by atoms with van der Waals surface area (Å²) in [4.78, 5) is 22.4. The van der Waals surface area contributed by atoms with Crippen LogP contribution in [0.25, 0.3) is 0 Å². The van der Waals surface area contributed by atoms with Crippen molar-refractivity contribution in [1.29, 1.82) is 0 Å². The Morgan fingerprint density at radius 3 is 2.71 bits per heavy atom. The zero-order valence-corrected chi connectivity index (χ0v) is 12.6. The Kier molecular flexibility index (Phi) is 7.56. The molecule has 0 heterocycles. The molecule has 0 saturated carbocycles. The van der Waals surface area contributed by atoms with Gasteiger partial charge in [-0.3, -0.25) is 0 Å². The predicted octanol–water partition coefficient (Wildman–Crippen LogP) is 2.98. The van der Waals surface area contributed by atoms with Gasteiger partial charge in [-0.1, -0.05) is 24.9 Å². The summed E-state index contributed by atoms with van der Waals surface area (Å²) in [7, 11) is 0. The van der Waals surface area contributed by atoms with E-state index in [1.54, 1.807) is 0 Å². The van der Waals surface area contributed by atoms with Gasteiger partial charge in [0, 0.05) is 18.8 Å². The second-order valence-corrected chi connectivity index (χ2v) is 4.75. The highest BCUT2D eigenvalue weighted by atomic mass is 35.5. The number of carboxylic acids is 1. The molecular weight excluding hydrogens is 296 g/mol. The third-order valence-electron chi connectivity index (χ3n) is 2.63. The maximum absolute atomic E-state index is 11.6. The Morgan fingerprint density at radius 2 is 2.10 bits per heavy atom. The Balaban J connectivity index is 2.34. The molecular formula is C14H19ClN2O4. The van der Waals surface area contributed by atoms with Crippen LogP contribution in [-0.4, -0.2) is 36.9 Å². The van der Waals surface area contributed by atoms with Gasteiger partial charge in [-0.15, -0.1) is 0 Å². The number of amides is 2. The minimum atomic E-state index is -1.11. The molecule has 116 valence electrons. The van der Waals surface area contributed by atoms with Gasteiger partial charge in [0.25, 0.3) is 0 Å². The maximum atomic E-state index is 11.6. The number of benzene rings is 1. The highest BCUT2D eigenvalue weighted by molar-refractivity contribution is 6.33. The molecule has 0 bridgehead atoms. The molecule has 0 spiro atoms. The number of carboxylic acid groups (broad SMARTS) is 1. The number of carbonyl (C=O) groups excluding carboxylic acids is 1. The van der Waals surface area contributed by atoms with Crippen LogP contribution in [0.2, 0.25) is 5.02 Å². The zero-order valence-electron chi connectivity index (χ0n) is 11.8. The molecule has 21 heavy (non-hydrogen) atoms. The lowest BCUT2D eigenvalue weighted by Crippen LogP contribution is -2.31. The lowest BCUT2D eigenvalue weighted by atomic mass is 10.2. The highest BCUT2D eigenvalue weighted by Gasteiger charge is 2.09. The molecule has 2 amide bonds. The molecule has 0 unspecified atom stereocenters. The fraction of sp³-hybridized carbons (Fsp3) is 0.429. The fourth-order valence-electron chi connectivity index (χ4n) is 1.53. The molecule has 0 aliphatic carbocycles. The number of hydrogen-bond donors (Lipinski definition) is 3. The Hall–Kier alpha value is -1.79. The Bertz CT molecular complexity index is 494. The Labute approximate surface area is 128 Å². The van der Waals surface area contributed by atoms with Crippen molar-refractivity contribution in [3.63, 3.8) is 0 Å². The molecule has 0 aromatic heterocycles. The fourth-order valence-corrected chi connectivity index (χ4v) is 1.79. The van der Waals surface area contributed by atoms with Crippen LogP contribution in [0.5, 0.6) is 0 Å². The van der Waals surface area contributed by atoms with Gasteiger partial charge in [0.15, 0.2) is 0 Å². The summed E-state index contributed by atoms with van der Waals surface area (Å²) in [6, 6.07) is 3.82. The molecule has 1 rings (SSSR count). The number of aromatic carboxylic acids is 1. The number of carbonyl (C=O) groups is 2. The molecule has 3 N–H and O–H groups in total. The van der Waals surface area contributed by atoms with Crippen LogP contribution in [0.3, 0.4) is 0 Å². The van der Waals surface area contributed by atoms with Crippen LogP contribution in [-0.2, 0) is 4.74 Å². The normalized spacial score (nSPS) is 10.2. The summed E-state index contributed by atoms with van der Waals surface area (Å²) in [5, 5.41) is 14.1.